The van der Waals surface area contributed by atoms with Crippen LogP contribution in [-0.2, 0) is 0 Å². The number of anilines is 1. The van der Waals surface area contributed by atoms with Crippen molar-refractivity contribution in [2.24, 2.45) is 0 Å². The van der Waals surface area contributed by atoms with Crippen LogP contribution in [0.5, 0.6) is 0 Å². The third-order valence-electron chi connectivity index (χ3n) is 4.87. The number of rotatable bonds is 6. The average molecular weight is 344 g/mol. The quantitative estimate of drug-likeness (QED) is 0.873. The second-order valence-electron chi connectivity index (χ2n) is 6.56. The fourth-order valence-corrected chi connectivity index (χ4v) is 3.31. The van der Waals surface area contributed by atoms with Crippen molar-refractivity contribution in [3.8, 4) is 11.3 Å². The molecular weight excluding hydrogens is 319 g/mol. The normalized spacial score (nSPS) is 15.8. The van der Waals surface area contributed by atoms with E-state index in [0.29, 0.717) is 6.04 Å². The first-order chi connectivity index (χ1) is 12.2. The Morgan fingerprint density at radius 1 is 1.12 bits per heavy atom. The Hall–Kier alpha value is -2.05. The molecule has 5 nitrogen and oxygen atoms in total. The zero-order valence-electron chi connectivity index (χ0n) is 14.6. The number of hydrogen-bond acceptors (Lipinski definition) is 5. The van der Waals surface area contributed by atoms with Gasteiger partial charge in [-0.25, -0.2) is 4.39 Å². The highest BCUT2D eigenvalue weighted by molar-refractivity contribution is 5.59. The molecule has 0 aliphatic carbocycles. The highest BCUT2D eigenvalue weighted by atomic mass is 19.1. The molecular formula is C19H25FN4O. The molecule has 1 aliphatic rings. The van der Waals surface area contributed by atoms with Gasteiger partial charge in [0.05, 0.1) is 5.69 Å². The van der Waals surface area contributed by atoms with Crippen molar-refractivity contribution < 1.29 is 9.50 Å². The summed E-state index contributed by atoms with van der Waals surface area (Å²) in [6, 6.07) is 10.8. The summed E-state index contributed by atoms with van der Waals surface area (Å²) in [6.45, 7) is 3.10. The number of piperidine rings is 1. The molecule has 0 saturated carbocycles. The SMILES string of the molecule is CN(CCCO)C1CCN(c2ccc(-c3ccc(F)cc3)nn2)CC1. The predicted molar refractivity (Wildman–Crippen MR) is 97.0 cm³/mol. The number of benzene rings is 1. The third-order valence-corrected chi connectivity index (χ3v) is 4.87. The molecule has 6 heteroatoms. The lowest BCUT2D eigenvalue weighted by atomic mass is 10.0. The van der Waals surface area contributed by atoms with Crippen LogP contribution in [0.25, 0.3) is 11.3 Å². The van der Waals surface area contributed by atoms with Gasteiger partial charge < -0.3 is 14.9 Å². The van der Waals surface area contributed by atoms with Crippen LogP contribution in [0.15, 0.2) is 36.4 Å². The fourth-order valence-electron chi connectivity index (χ4n) is 3.31. The zero-order valence-corrected chi connectivity index (χ0v) is 14.6. The first-order valence-corrected chi connectivity index (χ1v) is 8.83. The van der Waals surface area contributed by atoms with Crippen molar-refractivity contribution in [1.82, 2.24) is 15.1 Å². The maximum absolute atomic E-state index is 13.0. The van der Waals surface area contributed by atoms with Gasteiger partial charge in [-0.3, -0.25) is 0 Å². The van der Waals surface area contributed by atoms with E-state index in [2.05, 4.69) is 27.0 Å². The molecule has 1 aromatic carbocycles. The maximum atomic E-state index is 13.0. The standard InChI is InChI=1S/C19H25FN4O/c1-23(11-2-14-25)17-9-12-24(13-10-17)19-8-7-18(21-22-19)15-3-5-16(20)6-4-15/h3-8,17,25H,2,9-14H2,1H3. The molecule has 3 rings (SSSR count). The summed E-state index contributed by atoms with van der Waals surface area (Å²) in [5.41, 5.74) is 1.62. The average Bonchev–Trinajstić information content (AvgIpc) is 2.67. The highest BCUT2D eigenvalue weighted by Crippen LogP contribution is 2.22. The van der Waals surface area contributed by atoms with E-state index in [1.807, 2.05) is 12.1 Å². The van der Waals surface area contributed by atoms with Crippen molar-refractivity contribution in [2.75, 3.05) is 38.2 Å². The van der Waals surface area contributed by atoms with Crippen molar-refractivity contribution in [1.29, 1.82) is 0 Å². The zero-order chi connectivity index (χ0) is 17.6. The van der Waals surface area contributed by atoms with E-state index in [0.717, 1.165) is 56.0 Å². The Morgan fingerprint density at radius 2 is 1.84 bits per heavy atom. The summed E-state index contributed by atoms with van der Waals surface area (Å²) in [6.07, 6.45) is 3.00. The molecule has 0 bridgehead atoms. The second kappa shape index (κ2) is 8.36. The fraction of sp³-hybridized carbons (Fsp3) is 0.474. The van der Waals surface area contributed by atoms with Crippen LogP contribution < -0.4 is 4.90 Å². The number of aliphatic hydroxyl groups excluding tert-OH is 1. The largest absolute Gasteiger partial charge is 0.396 e. The van der Waals surface area contributed by atoms with Gasteiger partial charge in [0.1, 0.15) is 5.82 Å². The lowest BCUT2D eigenvalue weighted by Crippen LogP contribution is -2.44. The molecule has 2 aromatic rings. The van der Waals surface area contributed by atoms with Crippen LogP contribution in [0.3, 0.4) is 0 Å². The van der Waals surface area contributed by atoms with Crippen molar-refractivity contribution in [3.63, 3.8) is 0 Å². The van der Waals surface area contributed by atoms with E-state index in [9.17, 15) is 4.39 Å². The lowest BCUT2D eigenvalue weighted by molar-refractivity contribution is 0.184. The summed E-state index contributed by atoms with van der Waals surface area (Å²) in [4.78, 5) is 4.61. The Kier molecular flexibility index (Phi) is 5.94. The van der Waals surface area contributed by atoms with E-state index in [-0.39, 0.29) is 12.4 Å². The number of halogens is 1. The van der Waals surface area contributed by atoms with Crippen molar-refractivity contribution >= 4 is 5.82 Å². The Balaban J connectivity index is 1.58. The van der Waals surface area contributed by atoms with Gasteiger partial charge in [0.2, 0.25) is 0 Å². The summed E-state index contributed by atoms with van der Waals surface area (Å²) < 4.78 is 13.0. The highest BCUT2D eigenvalue weighted by Gasteiger charge is 2.23. The Bertz CT molecular complexity index is 654. The first-order valence-electron chi connectivity index (χ1n) is 8.83. The first kappa shape index (κ1) is 17.8. The van der Waals surface area contributed by atoms with Gasteiger partial charge in [0.15, 0.2) is 5.82 Å². The number of hydrogen-bond donors (Lipinski definition) is 1. The van der Waals surface area contributed by atoms with Gasteiger partial charge in [-0.05, 0) is 62.7 Å². The van der Waals surface area contributed by atoms with Crippen LogP contribution in [0, 0.1) is 5.82 Å². The molecule has 1 N–H and O–H groups in total. The van der Waals surface area contributed by atoms with E-state index in [1.165, 1.54) is 12.1 Å². The predicted octanol–water partition coefficient (Wildman–Crippen LogP) is 2.57. The summed E-state index contributed by atoms with van der Waals surface area (Å²) >= 11 is 0. The Labute approximate surface area is 148 Å². The molecule has 1 fully saturated rings. The van der Waals surface area contributed by atoms with E-state index in [4.69, 9.17) is 5.11 Å². The van der Waals surface area contributed by atoms with Gasteiger partial charge in [-0.1, -0.05) is 0 Å². The molecule has 25 heavy (non-hydrogen) atoms. The van der Waals surface area contributed by atoms with Crippen LogP contribution in [-0.4, -0.2) is 59.5 Å². The second-order valence-corrected chi connectivity index (χ2v) is 6.56. The number of aliphatic hydroxyl groups is 1. The smallest absolute Gasteiger partial charge is 0.151 e. The van der Waals surface area contributed by atoms with Crippen LogP contribution in [0.2, 0.25) is 0 Å². The van der Waals surface area contributed by atoms with Crippen LogP contribution in [0.4, 0.5) is 10.2 Å². The van der Waals surface area contributed by atoms with E-state index < -0.39 is 0 Å². The van der Waals surface area contributed by atoms with Gasteiger partial charge in [-0.2, -0.15) is 0 Å². The molecule has 0 radical (unpaired) electrons. The number of aromatic nitrogens is 2. The molecule has 1 saturated heterocycles. The van der Waals surface area contributed by atoms with Crippen molar-refractivity contribution in [3.05, 3.63) is 42.2 Å². The molecule has 0 unspecified atom stereocenters. The third kappa shape index (κ3) is 4.52. The summed E-state index contributed by atoms with van der Waals surface area (Å²) in [5.74, 6) is 0.641. The summed E-state index contributed by atoms with van der Waals surface area (Å²) in [5, 5.41) is 17.6. The van der Waals surface area contributed by atoms with Gasteiger partial charge in [0, 0.05) is 37.8 Å². The van der Waals surface area contributed by atoms with Crippen molar-refractivity contribution in [2.45, 2.75) is 25.3 Å². The topological polar surface area (TPSA) is 52.5 Å². The van der Waals surface area contributed by atoms with E-state index >= 15 is 0 Å². The molecule has 1 aromatic heterocycles. The molecule has 0 spiro atoms. The molecule has 0 atom stereocenters. The van der Waals surface area contributed by atoms with Gasteiger partial charge in [0.25, 0.3) is 0 Å². The van der Waals surface area contributed by atoms with Gasteiger partial charge in [-0.15, -0.1) is 10.2 Å². The number of nitrogens with zero attached hydrogens (tertiary/aromatic N) is 4. The molecule has 2 heterocycles. The molecule has 0 amide bonds. The molecule has 134 valence electrons. The van der Waals surface area contributed by atoms with Gasteiger partial charge >= 0.3 is 0 Å². The minimum absolute atomic E-state index is 0.249. The van der Waals surface area contributed by atoms with Crippen LogP contribution in [0.1, 0.15) is 19.3 Å². The van der Waals surface area contributed by atoms with E-state index in [1.54, 1.807) is 12.1 Å². The maximum Gasteiger partial charge on any atom is 0.151 e. The van der Waals surface area contributed by atoms with Crippen LogP contribution >= 0.6 is 0 Å². The Morgan fingerprint density at radius 3 is 2.44 bits per heavy atom. The monoisotopic (exact) mass is 344 g/mol. The molecule has 1 aliphatic heterocycles. The minimum Gasteiger partial charge on any atom is -0.396 e. The summed E-state index contributed by atoms with van der Waals surface area (Å²) in [7, 11) is 2.13. The lowest BCUT2D eigenvalue weighted by Gasteiger charge is -2.37. The minimum atomic E-state index is -0.250.